The zero-order valence-electron chi connectivity index (χ0n) is 8.94. The summed E-state index contributed by atoms with van der Waals surface area (Å²) in [5.41, 5.74) is 7.45. The van der Waals surface area contributed by atoms with Gasteiger partial charge in [0.2, 0.25) is 0 Å². The smallest absolute Gasteiger partial charge is 0.127 e. The molecule has 0 heterocycles. The Morgan fingerprint density at radius 1 is 0.938 bits per heavy atom. The van der Waals surface area contributed by atoms with Crippen LogP contribution in [0.5, 0.6) is 0 Å². The Morgan fingerprint density at radius 3 is 2.19 bits per heavy atom. The monoisotopic (exact) mass is 215 g/mol. The summed E-state index contributed by atoms with van der Waals surface area (Å²) in [6.45, 7) is 0.408. The summed E-state index contributed by atoms with van der Waals surface area (Å²) in [5, 5.41) is 0. The summed E-state index contributed by atoms with van der Waals surface area (Å²) in [5.74, 6) is -0.260. The summed E-state index contributed by atoms with van der Waals surface area (Å²) in [6, 6.07) is 16.6. The second kappa shape index (κ2) is 4.90. The molecule has 1 unspecified atom stereocenters. The minimum Gasteiger partial charge on any atom is -0.330 e. The van der Waals surface area contributed by atoms with E-state index in [9.17, 15) is 4.39 Å². The molecule has 2 N–H and O–H groups in total. The van der Waals surface area contributed by atoms with Gasteiger partial charge in [-0.1, -0.05) is 48.5 Å². The lowest BCUT2D eigenvalue weighted by Crippen LogP contribution is -2.15. The Labute approximate surface area is 94.7 Å². The van der Waals surface area contributed by atoms with E-state index in [1.165, 1.54) is 6.07 Å². The minimum atomic E-state index is -0.193. The molecule has 0 amide bonds. The molecule has 0 bridgehead atoms. The van der Waals surface area contributed by atoms with E-state index >= 15 is 0 Å². The predicted octanol–water partition coefficient (Wildman–Crippen LogP) is 2.92. The summed E-state index contributed by atoms with van der Waals surface area (Å²) in [6.07, 6.45) is 0. The number of halogens is 1. The molecule has 16 heavy (non-hydrogen) atoms. The molecule has 2 rings (SSSR count). The molecule has 1 atom stereocenters. The van der Waals surface area contributed by atoms with Gasteiger partial charge < -0.3 is 5.73 Å². The van der Waals surface area contributed by atoms with E-state index in [2.05, 4.69) is 0 Å². The van der Waals surface area contributed by atoms with Crippen LogP contribution in [0.4, 0.5) is 4.39 Å². The molecular weight excluding hydrogens is 201 g/mol. The first kappa shape index (κ1) is 10.8. The van der Waals surface area contributed by atoms with Crippen LogP contribution in [-0.4, -0.2) is 6.54 Å². The lowest BCUT2D eigenvalue weighted by molar-refractivity contribution is 0.597. The van der Waals surface area contributed by atoms with Crippen LogP contribution in [0.15, 0.2) is 54.6 Å². The van der Waals surface area contributed by atoms with Gasteiger partial charge in [0.25, 0.3) is 0 Å². The maximum atomic E-state index is 13.7. The number of hydrogen-bond donors (Lipinski definition) is 1. The maximum absolute atomic E-state index is 13.7. The minimum absolute atomic E-state index is 0.0672. The van der Waals surface area contributed by atoms with Crippen LogP contribution in [0.25, 0.3) is 0 Å². The van der Waals surface area contributed by atoms with Crippen LogP contribution in [0, 0.1) is 5.82 Å². The van der Waals surface area contributed by atoms with Crippen molar-refractivity contribution in [1.29, 1.82) is 0 Å². The SMILES string of the molecule is NCC(c1ccccc1)c1ccccc1F. The number of nitrogens with two attached hydrogens (primary N) is 1. The van der Waals surface area contributed by atoms with Crippen LogP contribution in [0.3, 0.4) is 0 Å². The fourth-order valence-corrected chi connectivity index (χ4v) is 1.89. The van der Waals surface area contributed by atoms with E-state index < -0.39 is 0 Å². The molecule has 2 heteroatoms. The fraction of sp³-hybridized carbons (Fsp3) is 0.143. The largest absolute Gasteiger partial charge is 0.330 e. The standard InChI is InChI=1S/C14H14FN/c15-14-9-5-4-8-12(14)13(10-16)11-6-2-1-3-7-11/h1-9,13H,10,16H2. The maximum Gasteiger partial charge on any atom is 0.127 e. The summed E-state index contributed by atoms with van der Waals surface area (Å²) < 4.78 is 13.7. The first-order valence-corrected chi connectivity index (χ1v) is 5.32. The zero-order chi connectivity index (χ0) is 11.4. The molecule has 2 aromatic carbocycles. The van der Waals surface area contributed by atoms with Gasteiger partial charge >= 0.3 is 0 Å². The van der Waals surface area contributed by atoms with E-state index in [0.717, 1.165) is 5.56 Å². The molecule has 82 valence electrons. The fourth-order valence-electron chi connectivity index (χ4n) is 1.89. The van der Waals surface area contributed by atoms with Crippen molar-refractivity contribution in [3.63, 3.8) is 0 Å². The summed E-state index contributed by atoms with van der Waals surface area (Å²) in [7, 11) is 0. The molecule has 0 aliphatic heterocycles. The lowest BCUT2D eigenvalue weighted by atomic mass is 9.91. The van der Waals surface area contributed by atoms with Crippen molar-refractivity contribution in [3.05, 3.63) is 71.5 Å². The second-order valence-electron chi connectivity index (χ2n) is 3.72. The van der Waals surface area contributed by atoms with E-state index in [-0.39, 0.29) is 11.7 Å². The Hall–Kier alpha value is -1.67. The summed E-state index contributed by atoms with van der Waals surface area (Å²) in [4.78, 5) is 0. The van der Waals surface area contributed by atoms with Crippen molar-refractivity contribution in [1.82, 2.24) is 0 Å². The highest BCUT2D eigenvalue weighted by atomic mass is 19.1. The molecule has 0 saturated carbocycles. The van der Waals surface area contributed by atoms with Gasteiger partial charge in [0.15, 0.2) is 0 Å². The van der Waals surface area contributed by atoms with E-state index in [1.54, 1.807) is 12.1 Å². The van der Waals surface area contributed by atoms with Crippen LogP contribution in [-0.2, 0) is 0 Å². The molecule has 0 spiro atoms. The normalized spacial score (nSPS) is 12.4. The Morgan fingerprint density at radius 2 is 1.56 bits per heavy atom. The third-order valence-electron chi connectivity index (χ3n) is 2.72. The molecule has 0 fully saturated rings. The molecule has 2 aromatic rings. The first-order chi connectivity index (χ1) is 7.83. The molecule has 0 aromatic heterocycles. The molecule has 0 saturated heterocycles. The van der Waals surface area contributed by atoms with Gasteiger partial charge in [-0.25, -0.2) is 4.39 Å². The molecule has 0 radical (unpaired) electrons. The van der Waals surface area contributed by atoms with Gasteiger partial charge in [-0.15, -0.1) is 0 Å². The van der Waals surface area contributed by atoms with Crippen molar-refractivity contribution in [2.75, 3.05) is 6.54 Å². The van der Waals surface area contributed by atoms with E-state index in [4.69, 9.17) is 5.73 Å². The Balaban J connectivity index is 2.41. The van der Waals surface area contributed by atoms with E-state index in [1.807, 2.05) is 36.4 Å². The molecule has 0 aliphatic rings. The average Bonchev–Trinajstić information content (AvgIpc) is 2.34. The van der Waals surface area contributed by atoms with Gasteiger partial charge in [-0.2, -0.15) is 0 Å². The van der Waals surface area contributed by atoms with Crippen LogP contribution in [0.1, 0.15) is 17.0 Å². The van der Waals surface area contributed by atoms with Crippen LogP contribution >= 0.6 is 0 Å². The predicted molar refractivity (Wildman–Crippen MR) is 63.7 cm³/mol. The topological polar surface area (TPSA) is 26.0 Å². The molecular formula is C14H14FN. The second-order valence-corrected chi connectivity index (χ2v) is 3.72. The molecule has 0 aliphatic carbocycles. The number of rotatable bonds is 3. The van der Waals surface area contributed by atoms with Crippen molar-refractivity contribution >= 4 is 0 Å². The third kappa shape index (κ3) is 2.12. The first-order valence-electron chi connectivity index (χ1n) is 5.32. The van der Waals surface area contributed by atoms with Gasteiger partial charge in [-0.3, -0.25) is 0 Å². The van der Waals surface area contributed by atoms with E-state index in [0.29, 0.717) is 12.1 Å². The van der Waals surface area contributed by atoms with Crippen LogP contribution < -0.4 is 5.73 Å². The lowest BCUT2D eigenvalue weighted by Gasteiger charge is -2.16. The summed E-state index contributed by atoms with van der Waals surface area (Å²) >= 11 is 0. The van der Waals surface area contributed by atoms with Crippen molar-refractivity contribution < 1.29 is 4.39 Å². The van der Waals surface area contributed by atoms with Crippen molar-refractivity contribution in [2.45, 2.75) is 5.92 Å². The quantitative estimate of drug-likeness (QED) is 0.837. The Bertz CT molecular complexity index is 453. The van der Waals surface area contributed by atoms with Crippen molar-refractivity contribution in [3.8, 4) is 0 Å². The van der Waals surface area contributed by atoms with Crippen molar-refractivity contribution in [2.24, 2.45) is 5.73 Å². The number of benzene rings is 2. The highest BCUT2D eigenvalue weighted by molar-refractivity contribution is 5.33. The number of hydrogen-bond acceptors (Lipinski definition) is 1. The van der Waals surface area contributed by atoms with Gasteiger partial charge in [0.1, 0.15) is 5.82 Å². The average molecular weight is 215 g/mol. The van der Waals surface area contributed by atoms with Gasteiger partial charge in [-0.05, 0) is 17.2 Å². The highest BCUT2D eigenvalue weighted by Gasteiger charge is 2.15. The Kier molecular flexibility index (Phi) is 3.32. The van der Waals surface area contributed by atoms with Crippen LogP contribution in [0.2, 0.25) is 0 Å². The highest BCUT2D eigenvalue weighted by Crippen LogP contribution is 2.25. The molecule has 1 nitrogen and oxygen atoms in total. The zero-order valence-corrected chi connectivity index (χ0v) is 8.94. The van der Waals surface area contributed by atoms with Gasteiger partial charge in [0.05, 0.1) is 0 Å². The third-order valence-corrected chi connectivity index (χ3v) is 2.72. The van der Waals surface area contributed by atoms with Gasteiger partial charge in [0, 0.05) is 12.5 Å².